The van der Waals surface area contributed by atoms with Crippen molar-refractivity contribution in [1.82, 2.24) is 5.32 Å². The number of benzene rings is 3. The van der Waals surface area contributed by atoms with Gasteiger partial charge in [0.15, 0.2) is 5.78 Å². The summed E-state index contributed by atoms with van der Waals surface area (Å²) >= 11 is 0. The number of Topliss-reactive ketones (excluding diaryl/α,β-unsaturated/α-hetero) is 1. The maximum absolute atomic E-state index is 12.2. The van der Waals surface area contributed by atoms with E-state index in [0.717, 1.165) is 5.56 Å². The van der Waals surface area contributed by atoms with Crippen LogP contribution in [0.4, 0.5) is 4.79 Å². The quantitative estimate of drug-likeness (QED) is 0.336. The molecular weight excluding hydrogens is 442 g/mol. The minimum Gasteiger partial charge on any atom is -0.469 e. The minimum atomic E-state index is -0.469. The summed E-state index contributed by atoms with van der Waals surface area (Å²) in [6.07, 6.45) is 3.38. The van der Waals surface area contributed by atoms with E-state index in [0.29, 0.717) is 12.1 Å². The van der Waals surface area contributed by atoms with Crippen LogP contribution in [0.15, 0.2) is 78.9 Å². The molecule has 35 heavy (non-hydrogen) atoms. The van der Waals surface area contributed by atoms with E-state index in [9.17, 15) is 14.4 Å². The van der Waals surface area contributed by atoms with E-state index in [1.54, 1.807) is 12.1 Å². The summed E-state index contributed by atoms with van der Waals surface area (Å²) in [5, 5.41) is 2.74. The fourth-order valence-corrected chi connectivity index (χ4v) is 4.23. The molecule has 0 saturated carbocycles. The second kappa shape index (κ2) is 11.3. The summed E-state index contributed by atoms with van der Waals surface area (Å²) in [5.41, 5.74) is 6.17. The zero-order valence-electron chi connectivity index (χ0n) is 19.5. The highest BCUT2D eigenvalue weighted by Gasteiger charge is 2.28. The maximum Gasteiger partial charge on any atom is 0.407 e. The normalized spacial score (nSPS) is 12.1. The van der Waals surface area contributed by atoms with Crippen molar-refractivity contribution in [2.24, 2.45) is 0 Å². The Labute approximate surface area is 204 Å². The molecule has 1 aliphatic rings. The summed E-state index contributed by atoms with van der Waals surface area (Å²) in [4.78, 5) is 35.5. The van der Waals surface area contributed by atoms with E-state index < -0.39 is 12.1 Å². The van der Waals surface area contributed by atoms with Gasteiger partial charge in [0.25, 0.3) is 0 Å². The Hall–Kier alpha value is -4.19. The number of amides is 1. The molecule has 0 saturated heterocycles. The molecule has 1 aliphatic carbocycles. The lowest BCUT2D eigenvalue weighted by Crippen LogP contribution is -2.26. The average Bonchev–Trinajstić information content (AvgIpc) is 3.22. The molecule has 0 heterocycles. The van der Waals surface area contributed by atoms with Crippen LogP contribution in [-0.4, -0.2) is 38.1 Å². The Morgan fingerprint density at radius 1 is 0.857 bits per heavy atom. The van der Waals surface area contributed by atoms with Gasteiger partial charge in [-0.25, -0.2) is 4.79 Å². The molecule has 0 atom stereocenters. The van der Waals surface area contributed by atoms with Crippen molar-refractivity contribution in [2.75, 3.05) is 20.3 Å². The lowest BCUT2D eigenvalue weighted by molar-refractivity contribution is -0.140. The van der Waals surface area contributed by atoms with Crippen molar-refractivity contribution < 1.29 is 23.9 Å². The highest BCUT2D eigenvalue weighted by molar-refractivity contribution is 5.97. The molecule has 3 aromatic rings. The van der Waals surface area contributed by atoms with Crippen LogP contribution in [0, 0.1) is 0 Å². The lowest BCUT2D eigenvalue weighted by Gasteiger charge is -2.14. The first kappa shape index (κ1) is 24.0. The standard InChI is InChI=1S/C29H27NO5/c1-34-28(32)17-16-27(31)21-14-12-20(13-15-21)7-6-18-30-29(33)35-19-26-24-10-4-2-8-22(24)23-9-3-5-11-25(23)26/h2-15,26H,16-19H2,1H3,(H,30,33). The zero-order chi connectivity index (χ0) is 24.6. The number of nitrogens with one attached hydrogen (secondary N) is 1. The van der Waals surface area contributed by atoms with Crippen LogP contribution in [-0.2, 0) is 14.3 Å². The average molecular weight is 470 g/mol. The van der Waals surface area contributed by atoms with Crippen LogP contribution in [0.5, 0.6) is 0 Å². The summed E-state index contributed by atoms with van der Waals surface area (Å²) in [6, 6.07) is 23.5. The molecular formula is C29H27NO5. The number of methoxy groups -OCH3 is 1. The Balaban J connectivity index is 1.24. The number of carbonyl (C=O) groups is 3. The molecule has 0 radical (unpaired) electrons. The number of ketones is 1. The summed E-state index contributed by atoms with van der Waals surface area (Å²) < 4.78 is 10.1. The molecule has 0 spiro atoms. The number of alkyl carbamates (subject to hydrolysis) is 1. The summed E-state index contributed by atoms with van der Waals surface area (Å²) in [6.45, 7) is 0.589. The van der Waals surface area contributed by atoms with E-state index in [2.05, 4.69) is 34.3 Å². The zero-order valence-corrected chi connectivity index (χ0v) is 19.5. The topological polar surface area (TPSA) is 81.7 Å². The van der Waals surface area contributed by atoms with Gasteiger partial charge in [-0.1, -0.05) is 84.9 Å². The van der Waals surface area contributed by atoms with Gasteiger partial charge in [-0.05, 0) is 27.8 Å². The van der Waals surface area contributed by atoms with Crippen LogP contribution in [0.2, 0.25) is 0 Å². The van der Waals surface area contributed by atoms with Gasteiger partial charge in [-0.3, -0.25) is 9.59 Å². The Bertz CT molecular complexity index is 1200. The van der Waals surface area contributed by atoms with Crippen LogP contribution in [0.1, 0.15) is 45.8 Å². The first-order valence-electron chi connectivity index (χ1n) is 11.5. The molecule has 6 nitrogen and oxygen atoms in total. The smallest absolute Gasteiger partial charge is 0.407 e. The monoisotopic (exact) mass is 469 g/mol. The van der Waals surface area contributed by atoms with Crippen molar-refractivity contribution in [3.05, 3.63) is 101 Å². The number of rotatable bonds is 9. The molecule has 0 bridgehead atoms. The third-order valence-corrected chi connectivity index (χ3v) is 6.03. The first-order valence-corrected chi connectivity index (χ1v) is 11.5. The van der Waals surface area contributed by atoms with Crippen molar-refractivity contribution >= 4 is 23.9 Å². The number of ether oxygens (including phenoxy) is 2. The van der Waals surface area contributed by atoms with Gasteiger partial charge in [0.05, 0.1) is 13.5 Å². The third-order valence-electron chi connectivity index (χ3n) is 6.03. The molecule has 1 amide bonds. The van der Waals surface area contributed by atoms with Crippen LogP contribution >= 0.6 is 0 Å². The fraction of sp³-hybridized carbons (Fsp3) is 0.207. The second-order valence-electron chi connectivity index (χ2n) is 8.23. The van der Waals surface area contributed by atoms with Crippen molar-refractivity contribution in [1.29, 1.82) is 0 Å². The largest absolute Gasteiger partial charge is 0.469 e. The molecule has 0 aromatic heterocycles. The van der Waals surface area contributed by atoms with Crippen molar-refractivity contribution in [3.63, 3.8) is 0 Å². The van der Waals surface area contributed by atoms with Gasteiger partial charge < -0.3 is 14.8 Å². The molecule has 0 aliphatic heterocycles. The minimum absolute atomic E-state index is 0.0255. The Morgan fingerprint density at radius 3 is 2.11 bits per heavy atom. The molecule has 1 N–H and O–H groups in total. The lowest BCUT2D eigenvalue weighted by atomic mass is 9.98. The maximum atomic E-state index is 12.2. The van der Waals surface area contributed by atoms with Crippen LogP contribution in [0.3, 0.4) is 0 Å². The molecule has 6 heteroatoms. The fourth-order valence-electron chi connectivity index (χ4n) is 4.23. The SMILES string of the molecule is COC(=O)CCC(=O)c1ccc(C=CCNC(=O)OCC2c3ccccc3-c3ccccc32)cc1. The summed E-state index contributed by atoms with van der Waals surface area (Å²) in [7, 11) is 1.30. The van der Waals surface area contributed by atoms with E-state index in [1.807, 2.05) is 48.6 Å². The molecule has 3 aromatic carbocycles. The Morgan fingerprint density at radius 2 is 1.49 bits per heavy atom. The molecule has 0 fully saturated rings. The third kappa shape index (κ3) is 5.84. The Kier molecular flexibility index (Phi) is 7.73. The highest BCUT2D eigenvalue weighted by Crippen LogP contribution is 2.44. The number of fused-ring (bicyclic) bond motifs is 3. The number of hydrogen-bond acceptors (Lipinski definition) is 5. The highest BCUT2D eigenvalue weighted by atomic mass is 16.5. The van der Waals surface area contributed by atoms with Crippen LogP contribution in [0.25, 0.3) is 17.2 Å². The number of hydrogen-bond donors (Lipinski definition) is 1. The van der Waals surface area contributed by atoms with Gasteiger partial charge in [0.1, 0.15) is 6.61 Å². The molecule has 4 rings (SSSR count). The first-order chi connectivity index (χ1) is 17.1. The van der Waals surface area contributed by atoms with Gasteiger partial charge in [-0.15, -0.1) is 0 Å². The number of carbonyl (C=O) groups excluding carboxylic acids is 3. The van der Waals surface area contributed by atoms with Gasteiger partial charge in [0, 0.05) is 24.4 Å². The van der Waals surface area contributed by atoms with E-state index in [4.69, 9.17) is 4.74 Å². The summed E-state index contributed by atoms with van der Waals surface area (Å²) in [5.74, 6) is -0.484. The van der Waals surface area contributed by atoms with E-state index in [-0.39, 0.29) is 31.1 Å². The number of esters is 1. The van der Waals surface area contributed by atoms with Crippen molar-refractivity contribution in [3.8, 4) is 11.1 Å². The second-order valence-corrected chi connectivity index (χ2v) is 8.23. The van der Waals surface area contributed by atoms with E-state index in [1.165, 1.54) is 29.4 Å². The van der Waals surface area contributed by atoms with E-state index >= 15 is 0 Å². The van der Waals surface area contributed by atoms with Gasteiger partial charge >= 0.3 is 12.1 Å². The van der Waals surface area contributed by atoms with Crippen LogP contribution < -0.4 is 5.32 Å². The molecule has 0 unspecified atom stereocenters. The van der Waals surface area contributed by atoms with Crippen molar-refractivity contribution in [2.45, 2.75) is 18.8 Å². The predicted molar refractivity (Wildman–Crippen MR) is 134 cm³/mol. The predicted octanol–water partition coefficient (Wildman–Crippen LogP) is 5.37. The van der Waals surface area contributed by atoms with Gasteiger partial charge in [0.2, 0.25) is 0 Å². The van der Waals surface area contributed by atoms with Gasteiger partial charge in [-0.2, -0.15) is 0 Å². The molecule has 178 valence electrons.